The number of rotatable bonds is 0. The summed E-state index contributed by atoms with van der Waals surface area (Å²) in [5.74, 6) is 2.35. The van der Waals surface area contributed by atoms with Crippen molar-refractivity contribution in [3.8, 4) is 12.3 Å². The third kappa shape index (κ3) is 1.28. The molecule has 2 unspecified atom stereocenters. The molecule has 1 nitrogen and oxygen atoms in total. The van der Waals surface area contributed by atoms with Crippen LogP contribution >= 0.6 is 11.6 Å². The van der Waals surface area contributed by atoms with Crippen LogP contribution in [0.4, 0.5) is 0 Å². The Kier molecular flexibility index (Phi) is 2.23. The second kappa shape index (κ2) is 2.82. The van der Waals surface area contributed by atoms with Gasteiger partial charge in [0.15, 0.2) is 0 Å². The maximum Gasteiger partial charge on any atom is 0.141 e. The Balaban J connectivity index is 2.65. The first kappa shape index (κ1) is 7.91. The summed E-state index contributed by atoms with van der Waals surface area (Å²) in [6.45, 7) is 0. The van der Waals surface area contributed by atoms with Crippen molar-refractivity contribution in [2.24, 2.45) is 0 Å². The lowest BCUT2D eigenvalue weighted by molar-refractivity contribution is 0.0655. The molecule has 0 amide bonds. The summed E-state index contributed by atoms with van der Waals surface area (Å²) in [6.07, 6.45) is 8.70. The number of aliphatic hydroxyl groups is 1. The Bertz CT molecular complexity index is 161. The summed E-state index contributed by atoms with van der Waals surface area (Å²) in [6, 6.07) is 0. The molecule has 56 valence electrons. The van der Waals surface area contributed by atoms with Gasteiger partial charge in [-0.05, 0) is 19.3 Å². The first-order valence-corrected chi connectivity index (χ1v) is 3.97. The van der Waals surface area contributed by atoms with Crippen molar-refractivity contribution in [1.82, 2.24) is 0 Å². The van der Waals surface area contributed by atoms with Gasteiger partial charge in [0.1, 0.15) is 5.60 Å². The van der Waals surface area contributed by atoms with Gasteiger partial charge in [-0.15, -0.1) is 18.0 Å². The zero-order chi connectivity index (χ0) is 7.61. The number of hydrogen-bond donors (Lipinski definition) is 1. The first-order chi connectivity index (χ1) is 4.69. The van der Waals surface area contributed by atoms with Crippen molar-refractivity contribution in [1.29, 1.82) is 0 Å². The lowest BCUT2D eigenvalue weighted by Gasteiger charge is -2.31. The third-order valence-electron chi connectivity index (χ3n) is 2.03. The van der Waals surface area contributed by atoms with Crippen molar-refractivity contribution in [3.05, 3.63) is 0 Å². The highest BCUT2D eigenvalue weighted by Gasteiger charge is 2.35. The van der Waals surface area contributed by atoms with E-state index in [-0.39, 0.29) is 5.38 Å². The van der Waals surface area contributed by atoms with Gasteiger partial charge in [-0.25, -0.2) is 0 Å². The van der Waals surface area contributed by atoms with Crippen LogP contribution in [0, 0.1) is 12.3 Å². The number of halogens is 1. The van der Waals surface area contributed by atoms with E-state index in [1.165, 1.54) is 0 Å². The molecule has 0 aromatic carbocycles. The quantitative estimate of drug-likeness (QED) is 0.419. The Labute approximate surface area is 66.4 Å². The molecule has 0 aromatic rings. The standard InChI is InChI=1S/C8H11ClO/c1-2-8(10)6-4-3-5-7(8)9/h1,7,10H,3-6H2. The van der Waals surface area contributed by atoms with Gasteiger partial charge in [-0.2, -0.15) is 0 Å². The van der Waals surface area contributed by atoms with Crippen LogP contribution in [-0.4, -0.2) is 16.1 Å². The van der Waals surface area contributed by atoms with Crippen LogP contribution in [0.2, 0.25) is 0 Å². The van der Waals surface area contributed by atoms with E-state index >= 15 is 0 Å². The van der Waals surface area contributed by atoms with Crippen molar-refractivity contribution < 1.29 is 5.11 Å². The molecule has 0 radical (unpaired) electrons. The predicted molar refractivity (Wildman–Crippen MR) is 41.9 cm³/mol. The molecule has 1 aliphatic rings. The minimum absolute atomic E-state index is 0.244. The summed E-state index contributed by atoms with van der Waals surface area (Å²) in [5.41, 5.74) is -1.03. The van der Waals surface area contributed by atoms with Gasteiger partial charge in [0.25, 0.3) is 0 Å². The summed E-state index contributed by atoms with van der Waals surface area (Å²) in [7, 11) is 0. The molecular weight excluding hydrogens is 148 g/mol. The van der Waals surface area contributed by atoms with Gasteiger partial charge in [-0.3, -0.25) is 0 Å². The minimum Gasteiger partial charge on any atom is -0.376 e. The van der Waals surface area contributed by atoms with Crippen LogP contribution in [-0.2, 0) is 0 Å². The van der Waals surface area contributed by atoms with Gasteiger partial charge in [-0.1, -0.05) is 12.3 Å². The van der Waals surface area contributed by atoms with E-state index in [0.29, 0.717) is 6.42 Å². The highest BCUT2D eigenvalue weighted by molar-refractivity contribution is 6.21. The smallest absolute Gasteiger partial charge is 0.141 e. The molecule has 1 saturated carbocycles. The van der Waals surface area contributed by atoms with Gasteiger partial charge < -0.3 is 5.11 Å². The van der Waals surface area contributed by atoms with E-state index in [2.05, 4.69) is 5.92 Å². The monoisotopic (exact) mass is 158 g/mol. The molecule has 2 atom stereocenters. The number of hydrogen-bond acceptors (Lipinski definition) is 1. The summed E-state index contributed by atoms with van der Waals surface area (Å²) >= 11 is 5.83. The molecule has 1 rings (SSSR count). The van der Waals surface area contributed by atoms with Crippen LogP contribution in [0.3, 0.4) is 0 Å². The van der Waals surface area contributed by atoms with E-state index in [1.54, 1.807) is 0 Å². The zero-order valence-electron chi connectivity index (χ0n) is 5.81. The summed E-state index contributed by atoms with van der Waals surface area (Å²) in [5, 5.41) is 9.34. The normalized spacial score (nSPS) is 40.7. The average molecular weight is 159 g/mol. The zero-order valence-corrected chi connectivity index (χ0v) is 6.56. The Morgan fingerprint density at radius 2 is 2.30 bits per heavy atom. The molecule has 2 heteroatoms. The van der Waals surface area contributed by atoms with Crippen LogP contribution in [0.1, 0.15) is 25.7 Å². The Hall–Kier alpha value is -0.190. The molecule has 0 bridgehead atoms. The van der Waals surface area contributed by atoms with E-state index in [4.69, 9.17) is 18.0 Å². The van der Waals surface area contributed by atoms with Crippen molar-refractivity contribution in [3.63, 3.8) is 0 Å². The molecule has 1 aliphatic carbocycles. The fourth-order valence-corrected chi connectivity index (χ4v) is 1.60. The number of alkyl halides is 1. The Morgan fingerprint density at radius 1 is 1.60 bits per heavy atom. The van der Waals surface area contributed by atoms with Gasteiger partial charge in [0.05, 0.1) is 5.38 Å². The van der Waals surface area contributed by atoms with Crippen LogP contribution in [0.25, 0.3) is 0 Å². The largest absolute Gasteiger partial charge is 0.376 e. The molecule has 1 fully saturated rings. The highest BCUT2D eigenvalue weighted by atomic mass is 35.5. The molecule has 0 spiro atoms. The molecule has 0 saturated heterocycles. The molecule has 0 heterocycles. The highest BCUT2D eigenvalue weighted by Crippen LogP contribution is 2.31. The fraction of sp³-hybridized carbons (Fsp3) is 0.750. The van der Waals surface area contributed by atoms with Crippen molar-refractivity contribution in [2.75, 3.05) is 0 Å². The maximum absolute atomic E-state index is 9.58. The topological polar surface area (TPSA) is 20.2 Å². The van der Waals surface area contributed by atoms with E-state index in [9.17, 15) is 5.11 Å². The van der Waals surface area contributed by atoms with Crippen LogP contribution in [0.5, 0.6) is 0 Å². The summed E-state index contributed by atoms with van der Waals surface area (Å²) in [4.78, 5) is 0. The Morgan fingerprint density at radius 3 is 2.70 bits per heavy atom. The predicted octanol–water partition coefficient (Wildman–Crippen LogP) is 1.53. The lowest BCUT2D eigenvalue weighted by Crippen LogP contribution is -2.39. The molecular formula is C8H11ClO. The van der Waals surface area contributed by atoms with Gasteiger partial charge in [0, 0.05) is 0 Å². The van der Waals surface area contributed by atoms with Crippen LogP contribution in [0.15, 0.2) is 0 Å². The van der Waals surface area contributed by atoms with E-state index in [0.717, 1.165) is 19.3 Å². The SMILES string of the molecule is C#CC1(O)CCCCC1Cl. The fourth-order valence-electron chi connectivity index (χ4n) is 1.28. The number of terminal acetylenes is 1. The summed E-state index contributed by atoms with van der Waals surface area (Å²) < 4.78 is 0. The molecule has 0 aliphatic heterocycles. The van der Waals surface area contributed by atoms with Gasteiger partial charge >= 0.3 is 0 Å². The minimum atomic E-state index is -1.03. The molecule has 0 aromatic heterocycles. The maximum atomic E-state index is 9.58. The van der Waals surface area contributed by atoms with Crippen molar-refractivity contribution in [2.45, 2.75) is 36.7 Å². The average Bonchev–Trinajstić information content (AvgIpc) is 1.96. The van der Waals surface area contributed by atoms with Gasteiger partial charge in [0.2, 0.25) is 0 Å². The van der Waals surface area contributed by atoms with E-state index < -0.39 is 5.60 Å². The molecule has 10 heavy (non-hydrogen) atoms. The van der Waals surface area contributed by atoms with E-state index in [1.807, 2.05) is 0 Å². The molecule has 1 N–H and O–H groups in total. The second-order valence-electron chi connectivity index (χ2n) is 2.78. The third-order valence-corrected chi connectivity index (χ3v) is 2.61. The lowest BCUT2D eigenvalue weighted by atomic mass is 9.85. The van der Waals surface area contributed by atoms with Crippen LogP contribution < -0.4 is 0 Å². The van der Waals surface area contributed by atoms with Crippen molar-refractivity contribution >= 4 is 11.6 Å². The second-order valence-corrected chi connectivity index (χ2v) is 3.31. The first-order valence-electron chi connectivity index (χ1n) is 3.53.